The summed E-state index contributed by atoms with van der Waals surface area (Å²) < 4.78 is 2.28. The van der Waals surface area contributed by atoms with E-state index in [1.165, 1.54) is 11.3 Å². The molecule has 0 saturated heterocycles. The Hall–Kier alpha value is -4.12. The highest BCUT2D eigenvalue weighted by Crippen LogP contribution is 2.26. The van der Waals surface area contributed by atoms with Crippen molar-refractivity contribution in [3.05, 3.63) is 96.6 Å². The van der Waals surface area contributed by atoms with Gasteiger partial charge in [0.15, 0.2) is 0 Å². The Morgan fingerprint density at radius 3 is 2.03 bits per heavy atom. The summed E-state index contributed by atoms with van der Waals surface area (Å²) in [4.78, 5) is 7.35. The van der Waals surface area contributed by atoms with E-state index >= 15 is 0 Å². The Labute approximate surface area is 219 Å². The predicted molar refractivity (Wildman–Crippen MR) is 154 cm³/mol. The van der Waals surface area contributed by atoms with Crippen LogP contribution in [0.25, 0.3) is 27.8 Å². The van der Waals surface area contributed by atoms with Crippen molar-refractivity contribution in [2.45, 2.75) is 34.1 Å². The summed E-state index contributed by atoms with van der Waals surface area (Å²) in [6.07, 6.45) is 1.07. The Kier molecular flexibility index (Phi) is 7.22. The van der Waals surface area contributed by atoms with Gasteiger partial charge in [-0.2, -0.15) is 10.2 Å². The number of para-hydroxylation sites is 1. The molecule has 5 heteroatoms. The number of aromatic nitrogens is 2. The average Bonchev–Trinajstić information content (AvgIpc) is 2.92. The van der Waals surface area contributed by atoms with Gasteiger partial charge in [-0.25, -0.2) is 4.98 Å². The number of anilines is 1. The minimum atomic E-state index is 0.633. The summed E-state index contributed by atoms with van der Waals surface area (Å²) >= 11 is 0. The van der Waals surface area contributed by atoms with Crippen LogP contribution in [0.15, 0.2) is 101 Å². The van der Waals surface area contributed by atoms with Gasteiger partial charge in [-0.15, -0.1) is 4.57 Å². The quantitative estimate of drug-likeness (QED) is 0.126. The first-order valence-corrected chi connectivity index (χ1v) is 13.2. The van der Waals surface area contributed by atoms with E-state index in [1.807, 2.05) is 30.3 Å². The summed E-state index contributed by atoms with van der Waals surface area (Å²) in [5, 5.41) is 9.10. The molecule has 0 aliphatic heterocycles. The van der Waals surface area contributed by atoms with Gasteiger partial charge in [-0.3, -0.25) is 0 Å². The molecule has 0 aliphatic rings. The van der Waals surface area contributed by atoms with Crippen LogP contribution in [0.1, 0.15) is 33.3 Å². The van der Waals surface area contributed by atoms with Crippen LogP contribution in [0.5, 0.6) is 0 Å². The Morgan fingerprint density at radius 1 is 0.730 bits per heavy atom. The normalized spacial score (nSPS) is 11.7. The van der Waals surface area contributed by atoms with Crippen LogP contribution in [0.3, 0.4) is 0 Å². The number of azo groups is 1. The Bertz CT molecular complexity index is 1540. The van der Waals surface area contributed by atoms with Gasteiger partial charge in [0.25, 0.3) is 0 Å². The van der Waals surface area contributed by atoms with Gasteiger partial charge in [0, 0.05) is 43.0 Å². The summed E-state index contributed by atoms with van der Waals surface area (Å²) in [5.74, 6) is 0.633. The topological polar surface area (TPSA) is 44.7 Å². The molecule has 186 valence electrons. The highest BCUT2D eigenvalue weighted by Gasteiger charge is 2.21. The predicted octanol–water partition coefficient (Wildman–Crippen LogP) is 8.12. The third-order valence-corrected chi connectivity index (χ3v) is 6.64. The molecule has 0 unspecified atom stereocenters. The monoisotopic (exact) mass is 488 g/mol. The lowest BCUT2D eigenvalue weighted by Crippen LogP contribution is -2.33. The maximum absolute atomic E-state index is 5.00. The third kappa shape index (κ3) is 5.36. The first-order chi connectivity index (χ1) is 18.1. The zero-order chi connectivity index (χ0) is 25.8. The molecule has 0 radical (unpaired) electrons. The molecular weight excluding hydrogens is 454 g/mol. The molecule has 0 spiro atoms. The van der Waals surface area contributed by atoms with Gasteiger partial charge in [0.2, 0.25) is 16.7 Å². The van der Waals surface area contributed by atoms with Crippen molar-refractivity contribution < 1.29 is 4.57 Å². The molecule has 1 heterocycles. The number of rotatable bonds is 8. The lowest BCUT2D eigenvalue weighted by atomic mass is 10.0. The van der Waals surface area contributed by atoms with E-state index < -0.39 is 0 Å². The van der Waals surface area contributed by atoms with Crippen molar-refractivity contribution in [3.8, 4) is 5.69 Å². The highest BCUT2D eigenvalue weighted by molar-refractivity contribution is 5.85. The van der Waals surface area contributed by atoms with Gasteiger partial charge < -0.3 is 4.90 Å². The average molecular weight is 489 g/mol. The summed E-state index contributed by atoms with van der Waals surface area (Å²) in [6, 6.07) is 31.4. The van der Waals surface area contributed by atoms with Crippen LogP contribution in [0.2, 0.25) is 0 Å². The second-order valence-electron chi connectivity index (χ2n) is 9.77. The van der Waals surface area contributed by atoms with Gasteiger partial charge in [-0.05, 0) is 68.1 Å². The van der Waals surface area contributed by atoms with E-state index in [1.54, 1.807) is 0 Å². The van der Waals surface area contributed by atoms with Crippen molar-refractivity contribution in [1.82, 2.24) is 4.98 Å². The number of hydrogen-bond donors (Lipinski definition) is 0. The van der Waals surface area contributed by atoms with Crippen LogP contribution in [0, 0.1) is 5.92 Å². The number of hydrogen-bond acceptors (Lipinski definition) is 4. The van der Waals surface area contributed by atoms with Crippen molar-refractivity contribution in [3.63, 3.8) is 0 Å². The van der Waals surface area contributed by atoms with Crippen molar-refractivity contribution in [1.29, 1.82) is 0 Å². The van der Waals surface area contributed by atoms with E-state index in [0.29, 0.717) is 5.92 Å². The molecule has 4 aromatic carbocycles. The molecule has 0 atom stereocenters. The van der Waals surface area contributed by atoms with Crippen molar-refractivity contribution in [2.75, 3.05) is 18.0 Å². The zero-order valence-corrected chi connectivity index (χ0v) is 22.1. The zero-order valence-electron chi connectivity index (χ0n) is 22.1. The first kappa shape index (κ1) is 24.6. The first-order valence-electron chi connectivity index (χ1n) is 13.2. The van der Waals surface area contributed by atoms with Crippen LogP contribution in [-0.4, -0.2) is 18.1 Å². The Morgan fingerprint density at radius 2 is 1.35 bits per heavy atom. The largest absolute Gasteiger partial charge is 0.372 e. The third-order valence-electron chi connectivity index (χ3n) is 6.64. The van der Waals surface area contributed by atoms with Crippen molar-refractivity contribution >= 4 is 39.1 Å². The van der Waals surface area contributed by atoms with Crippen molar-refractivity contribution in [2.24, 2.45) is 16.1 Å². The molecule has 5 nitrogen and oxygen atoms in total. The molecule has 5 rings (SSSR count). The molecule has 0 fully saturated rings. The lowest BCUT2D eigenvalue weighted by Gasteiger charge is -2.20. The van der Waals surface area contributed by atoms with Gasteiger partial charge >= 0.3 is 0 Å². The molecule has 0 amide bonds. The smallest absolute Gasteiger partial charge is 0.239 e. The minimum absolute atomic E-state index is 0.633. The van der Waals surface area contributed by atoms with Gasteiger partial charge in [-0.1, -0.05) is 44.2 Å². The molecule has 5 aromatic rings. The highest BCUT2D eigenvalue weighted by atomic mass is 15.1. The molecule has 1 aromatic heterocycles. The molecular formula is C32H34N5+. The van der Waals surface area contributed by atoms with E-state index in [2.05, 4.69) is 108 Å². The number of nitrogens with zero attached hydrogens (tertiary/aromatic N) is 5. The molecule has 0 aliphatic carbocycles. The lowest BCUT2D eigenvalue weighted by molar-refractivity contribution is -0.538. The number of benzene rings is 4. The second kappa shape index (κ2) is 10.9. The fraction of sp³-hybridized carbons (Fsp3) is 0.250. The summed E-state index contributed by atoms with van der Waals surface area (Å²) in [5.41, 5.74) is 9.20. The fourth-order valence-corrected chi connectivity index (χ4v) is 4.82. The van der Waals surface area contributed by atoms with Crippen LogP contribution in [0.4, 0.5) is 17.1 Å². The van der Waals surface area contributed by atoms with E-state index in [0.717, 1.165) is 58.6 Å². The van der Waals surface area contributed by atoms with E-state index in [-0.39, 0.29) is 0 Å². The number of fused-ring (bicyclic) bond motifs is 2. The standard InChI is InChI=1S/C32H34N5/c1-5-36(6-2)28-17-19-30-32(22-28)37(27-10-8-7-9-11-27)31-21-26(16-18-29(31)33-30)35-34-25-14-12-24(13-15-25)20-23(3)4/h7-19,21-23H,5-6,20H2,1-4H3/q+1. The SMILES string of the molecule is CCN(CC)c1ccc2nc3ccc(N=Nc4ccc(CC(C)C)cc4)cc3[n+](-c3ccccc3)c2c1. The van der Waals surface area contributed by atoms with E-state index in [9.17, 15) is 0 Å². The summed E-state index contributed by atoms with van der Waals surface area (Å²) in [6.45, 7) is 10.8. The van der Waals surface area contributed by atoms with E-state index in [4.69, 9.17) is 4.98 Å². The Balaban J connectivity index is 1.62. The molecule has 0 N–H and O–H groups in total. The van der Waals surface area contributed by atoms with Gasteiger partial charge in [0.1, 0.15) is 11.0 Å². The minimum Gasteiger partial charge on any atom is -0.372 e. The fourth-order valence-electron chi connectivity index (χ4n) is 4.82. The maximum Gasteiger partial charge on any atom is 0.239 e. The molecule has 37 heavy (non-hydrogen) atoms. The van der Waals surface area contributed by atoms with Crippen LogP contribution < -0.4 is 9.47 Å². The van der Waals surface area contributed by atoms with Crippen LogP contribution >= 0.6 is 0 Å². The maximum atomic E-state index is 5.00. The molecule has 0 bridgehead atoms. The van der Waals surface area contributed by atoms with Gasteiger partial charge in [0.05, 0.1) is 11.4 Å². The summed E-state index contributed by atoms with van der Waals surface area (Å²) in [7, 11) is 0. The molecule has 0 saturated carbocycles. The second-order valence-corrected chi connectivity index (χ2v) is 9.77. The van der Waals surface area contributed by atoms with Crippen LogP contribution in [-0.2, 0) is 6.42 Å².